The number of hydrogen-bond donors (Lipinski definition) is 1. The number of rotatable bonds is 3. The smallest absolute Gasteiger partial charge is 0.136 e. The fourth-order valence-electron chi connectivity index (χ4n) is 8.50. The average molecular weight is 636 g/mol. The van der Waals surface area contributed by atoms with Crippen LogP contribution in [-0.4, -0.2) is 4.98 Å². The standard InChI is InChI=1S/C44H29NO2.C2H6.H2/c1-2-11-34-38(16-3-1)46-40-18-8-12-30(41(34)40)26-9-6-10-27(23-26)31-13-7-14-33-35-24-28(19-22-37(35)45-42(31)33)32-21-20-29-25-44(29)36-15-4-5-17-39(36)47-43(32)44;1-2;/h1-2,4-24,29,45H,3,25H2;1-2H3;1H. The molecule has 3 heterocycles. The summed E-state index contributed by atoms with van der Waals surface area (Å²) in [6.45, 7) is 4.00. The van der Waals surface area contributed by atoms with Crippen LogP contribution in [0.25, 0.3) is 72.8 Å². The molecule has 1 N–H and O–H groups in total. The van der Waals surface area contributed by atoms with Crippen molar-refractivity contribution < 1.29 is 10.6 Å². The Kier molecular flexibility index (Phi) is 6.11. The Balaban J connectivity index is 0.00000110. The molecule has 3 heteroatoms. The van der Waals surface area contributed by atoms with Crippen molar-refractivity contribution in [1.29, 1.82) is 0 Å². The van der Waals surface area contributed by atoms with E-state index in [0.717, 1.165) is 51.6 Å². The number of allylic oxidation sites excluding steroid dienone is 6. The fraction of sp³-hybridized carbons (Fsp3) is 0.130. The van der Waals surface area contributed by atoms with Crippen molar-refractivity contribution in [3.63, 3.8) is 0 Å². The number of aromatic nitrogens is 1. The number of furan rings is 1. The van der Waals surface area contributed by atoms with Crippen LogP contribution in [0.3, 0.4) is 0 Å². The van der Waals surface area contributed by atoms with Crippen LogP contribution >= 0.6 is 0 Å². The third-order valence-corrected chi connectivity index (χ3v) is 10.8. The minimum absolute atomic E-state index is 0. The zero-order valence-electron chi connectivity index (χ0n) is 27.6. The zero-order chi connectivity index (χ0) is 32.7. The highest BCUT2D eigenvalue weighted by Gasteiger charge is 2.64. The summed E-state index contributed by atoms with van der Waals surface area (Å²) in [6.07, 6.45) is 15.3. The molecule has 1 spiro atoms. The molecule has 3 nitrogen and oxygen atoms in total. The number of ether oxygens (including phenoxy) is 1. The number of para-hydroxylation sites is 2. The van der Waals surface area contributed by atoms with E-state index in [1.54, 1.807) is 0 Å². The topological polar surface area (TPSA) is 38.2 Å². The lowest BCUT2D eigenvalue weighted by Gasteiger charge is -2.18. The highest BCUT2D eigenvalue weighted by atomic mass is 16.5. The van der Waals surface area contributed by atoms with Crippen molar-refractivity contribution in [3.05, 3.63) is 155 Å². The van der Waals surface area contributed by atoms with Crippen LogP contribution in [0.4, 0.5) is 0 Å². The molecule has 3 aliphatic carbocycles. The summed E-state index contributed by atoms with van der Waals surface area (Å²) in [7, 11) is 0. The van der Waals surface area contributed by atoms with E-state index in [9.17, 15) is 0 Å². The van der Waals surface area contributed by atoms with Gasteiger partial charge in [-0.2, -0.15) is 0 Å². The van der Waals surface area contributed by atoms with Gasteiger partial charge >= 0.3 is 0 Å². The van der Waals surface area contributed by atoms with E-state index in [-0.39, 0.29) is 6.84 Å². The number of aromatic amines is 1. The van der Waals surface area contributed by atoms with Crippen LogP contribution < -0.4 is 15.4 Å². The first-order chi connectivity index (χ1) is 24.3. The second-order valence-corrected chi connectivity index (χ2v) is 13.3. The number of fused-ring (bicyclic) bond motifs is 7. The molecule has 11 rings (SSSR count). The Morgan fingerprint density at radius 1 is 0.796 bits per heavy atom. The van der Waals surface area contributed by atoms with E-state index in [1.165, 1.54) is 55.1 Å². The van der Waals surface area contributed by atoms with Gasteiger partial charge < -0.3 is 14.1 Å². The summed E-state index contributed by atoms with van der Waals surface area (Å²) < 4.78 is 12.9. The molecule has 0 radical (unpaired) electrons. The van der Waals surface area contributed by atoms with Gasteiger partial charge in [0.15, 0.2) is 0 Å². The number of H-pyrrole nitrogens is 1. The summed E-state index contributed by atoms with van der Waals surface area (Å²) in [5.41, 5.74) is 12.7. The summed E-state index contributed by atoms with van der Waals surface area (Å²) in [5.74, 6) is 2.67. The molecule has 4 aliphatic rings. The average Bonchev–Trinajstić information content (AvgIpc) is 3.58. The predicted molar refractivity (Wildman–Crippen MR) is 205 cm³/mol. The van der Waals surface area contributed by atoms with Crippen molar-refractivity contribution in [2.45, 2.75) is 32.1 Å². The van der Waals surface area contributed by atoms with Crippen LogP contribution in [0.15, 0.2) is 138 Å². The van der Waals surface area contributed by atoms with E-state index in [4.69, 9.17) is 9.15 Å². The van der Waals surface area contributed by atoms with Crippen molar-refractivity contribution in [3.8, 4) is 28.0 Å². The first-order valence-corrected chi connectivity index (χ1v) is 17.5. The Morgan fingerprint density at radius 2 is 1.63 bits per heavy atom. The molecule has 2 aromatic heterocycles. The van der Waals surface area contributed by atoms with Crippen LogP contribution in [0.2, 0.25) is 0 Å². The largest absolute Gasteiger partial charge is 0.460 e. The molecule has 0 amide bonds. The van der Waals surface area contributed by atoms with Crippen LogP contribution in [0, 0.1) is 5.92 Å². The van der Waals surface area contributed by atoms with Gasteiger partial charge in [-0.25, -0.2) is 0 Å². The molecule has 0 bridgehead atoms. The summed E-state index contributed by atoms with van der Waals surface area (Å²) in [6, 6.07) is 37.3. The van der Waals surface area contributed by atoms with Gasteiger partial charge in [0.2, 0.25) is 0 Å². The quantitative estimate of drug-likeness (QED) is 0.210. The van der Waals surface area contributed by atoms with Crippen LogP contribution in [0.1, 0.15) is 39.2 Å². The van der Waals surface area contributed by atoms with Gasteiger partial charge in [-0.3, -0.25) is 0 Å². The Hall–Kier alpha value is -5.80. The zero-order valence-corrected chi connectivity index (χ0v) is 27.6. The molecule has 1 aliphatic heterocycles. The second-order valence-electron chi connectivity index (χ2n) is 13.3. The third-order valence-electron chi connectivity index (χ3n) is 10.8. The van der Waals surface area contributed by atoms with E-state index in [1.807, 2.05) is 13.8 Å². The van der Waals surface area contributed by atoms with Crippen molar-refractivity contribution >= 4 is 50.5 Å². The Bertz CT molecular complexity index is 2740. The first-order valence-electron chi connectivity index (χ1n) is 17.5. The highest BCUT2D eigenvalue weighted by Crippen LogP contribution is 2.68. The Labute approximate surface area is 286 Å². The van der Waals surface area contributed by atoms with Crippen molar-refractivity contribution in [1.82, 2.24) is 4.98 Å². The van der Waals surface area contributed by atoms with E-state index in [0.29, 0.717) is 5.92 Å². The number of nitrogens with one attached hydrogen (secondary N) is 1. The molecule has 49 heavy (non-hydrogen) atoms. The molecular weight excluding hydrogens is 599 g/mol. The van der Waals surface area contributed by atoms with Crippen molar-refractivity contribution in [2.75, 3.05) is 0 Å². The minimum Gasteiger partial charge on any atom is -0.460 e. The van der Waals surface area contributed by atoms with Crippen LogP contribution in [-0.2, 0) is 5.41 Å². The summed E-state index contributed by atoms with van der Waals surface area (Å²) in [4.78, 5) is 3.79. The van der Waals surface area contributed by atoms with Gasteiger partial charge in [0, 0.05) is 45.0 Å². The summed E-state index contributed by atoms with van der Waals surface area (Å²) >= 11 is 0. The van der Waals surface area contributed by atoms with Crippen molar-refractivity contribution in [2.24, 2.45) is 5.92 Å². The van der Waals surface area contributed by atoms with Gasteiger partial charge in [0.25, 0.3) is 0 Å². The lowest BCUT2D eigenvalue weighted by molar-refractivity contribution is 0.420. The lowest BCUT2D eigenvalue weighted by atomic mass is 9.85. The van der Waals surface area contributed by atoms with E-state index in [2.05, 4.69) is 145 Å². The van der Waals surface area contributed by atoms with Crippen LogP contribution in [0.5, 0.6) is 5.75 Å². The Morgan fingerprint density at radius 3 is 2.57 bits per heavy atom. The van der Waals surface area contributed by atoms with Gasteiger partial charge in [0.05, 0.1) is 10.9 Å². The normalized spacial score (nSPS) is 19.6. The predicted octanol–water partition coefficient (Wildman–Crippen LogP) is 10.8. The molecule has 2 atom stereocenters. The van der Waals surface area contributed by atoms with E-state index < -0.39 is 0 Å². The molecule has 0 saturated heterocycles. The minimum atomic E-state index is 0. The number of hydrogen-bond acceptors (Lipinski definition) is 2. The third kappa shape index (κ3) is 4.02. The maximum absolute atomic E-state index is 6.59. The lowest BCUT2D eigenvalue weighted by Crippen LogP contribution is -2.19. The molecular formula is C46H37NO2. The first kappa shape index (κ1) is 28.2. The fourth-order valence-corrected chi connectivity index (χ4v) is 8.50. The van der Waals surface area contributed by atoms with Gasteiger partial charge in [-0.05, 0) is 77.4 Å². The maximum Gasteiger partial charge on any atom is 0.136 e. The maximum atomic E-state index is 6.59. The molecule has 7 aromatic rings. The SMILES string of the molecule is C1=CCC=c2oc3cccc(-c4cccc(-c5cccc6c5[nH]c5ccc(C7=C8Oc9ccccc9C89CC9C=C7)cc56)c4)c3c2=C1.CC.[HH]. The highest BCUT2D eigenvalue weighted by molar-refractivity contribution is 6.13. The monoisotopic (exact) mass is 635 g/mol. The molecule has 1 saturated carbocycles. The van der Waals surface area contributed by atoms with Gasteiger partial charge in [-0.1, -0.05) is 117 Å². The molecule has 1 fully saturated rings. The van der Waals surface area contributed by atoms with Gasteiger partial charge in [0.1, 0.15) is 22.5 Å². The second kappa shape index (κ2) is 10.6. The van der Waals surface area contributed by atoms with Gasteiger partial charge in [-0.15, -0.1) is 0 Å². The summed E-state index contributed by atoms with van der Waals surface area (Å²) in [5, 5.41) is 4.77. The molecule has 238 valence electrons. The van der Waals surface area contributed by atoms with E-state index >= 15 is 0 Å². The molecule has 5 aromatic carbocycles. The number of benzene rings is 5. The molecule has 2 unspecified atom stereocenters.